The summed E-state index contributed by atoms with van der Waals surface area (Å²) >= 11 is 0. The van der Waals surface area contributed by atoms with E-state index in [9.17, 15) is 10.2 Å². The summed E-state index contributed by atoms with van der Waals surface area (Å²) in [7, 11) is 0. The second-order valence-corrected chi connectivity index (χ2v) is 4.70. The van der Waals surface area contributed by atoms with E-state index in [0.29, 0.717) is 24.4 Å². The van der Waals surface area contributed by atoms with Crippen molar-refractivity contribution in [3.05, 3.63) is 0 Å². The molecule has 0 aromatic heterocycles. The molecule has 76 valence electrons. The van der Waals surface area contributed by atoms with Gasteiger partial charge in [0.1, 0.15) is 0 Å². The minimum absolute atomic E-state index is 0.0758. The van der Waals surface area contributed by atoms with Crippen molar-refractivity contribution in [1.29, 1.82) is 0 Å². The fourth-order valence-electron chi connectivity index (χ4n) is 3.32. The molecular formula is C11H20O2. The lowest BCUT2D eigenvalue weighted by atomic mass is 9.64. The molecule has 0 saturated heterocycles. The largest absolute Gasteiger partial charge is 0.396 e. The van der Waals surface area contributed by atoms with Crippen molar-refractivity contribution in [3.8, 4) is 0 Å². The predicted molar refractivity (Wildman–Crippen MR) is 51.3 cm³/mol. The number of fused-ring (bicyclic) bond motifs is 1. The smallest absolute Gasteiger partial charge is 0.0571 e. The van der Waals surface area contributed by atoms with Gasteiger partial charge in [0, 0.05) is 6.61 Å². The summed E-state index contributed by atoms with van der Waals surface area (Å²) in [5.74, 6) is 1.59. The van der Waals surface area contributed by atoms with Gasteiger partial charge in [-0.25, -0.2) is 0 Å². The van der Waals surface area contributed by atoms with E-state index in [4.69, 9.17) is 0 Å². The molecule has 0 aromatic carbocycles. The molecule has 2 heteroatoms. The first-order valence-corrected chi connectivity index (χ1v) is 5.62. The Balaban J connectivity index is 2.05. The Bertz CT molecular complexity index is 169. The predicted octanol–water partition coefficient (Wildman–Crippen LogP) is 1.56. The Morgan fingerprint density at radius 3 is 2.38 bits per heavy atom. The first kappa shape index (κ1) is 9.47. The second-order valence-electron chi connectivity index (χ2n) is 4.70. The lowest BCUT2D eigenvalue weighted by molar-refractivity contribution is -0.0281. The maximum absolute atomic E-state index is 9.84. The number of aliphatic hydroxyl groups excluding tert-OH is 2. The molecule has 13 heavy (non-hydrogen) atoms. The van der Waals surface area contributed by atoms with Crippen molar-refractivity contribution in [2.45, 2.75) is 44.6 Å². The van der Waals surface area contributed by atoms with Crippen LogP contribution >= 0.6 is 0 Å². The van der Waals surface area contributed by atoms with E-state index in [0.717, 1.165) is 12.8 Å². The molecule has 0 aromatic rings. The lowest BCUT2D eigenvalue weighted by Gasteiger charge is -2.43. The summed E-state index contributed by atoms with van der Waals surface area (Å²) in [6.45, 7) is 0.327. The molecule has 2 N–H and O–H groups in total. The molecule has 4 atom stereocenters. The van der Waals surface area contributed by atoms with E-state index in [1.54, 1.807) is 0 Å². The van der Waals surface area contributed by atoms with Crippen molar-refractivity contribution in [2.24, 2.45) is 17.8 Å². The van der Waals surface area contributed by atoms with E-state index < -0.39 is 0 Å². The maximum atomic E-state index is 9.84. The third-order valence-electron chi connectivity index (χ3n) is 4.03. The van der Waals surface area contributed by atoms with E-state index in [2.05, 4.69) is 0 Å². The molecule has 2 saturated carbocycles. The Morgan fingerprint density at radius 2 is 1.62 bits per heavy atom. The van der Waals surface area contributed by atoms with Crippen LogP contribution in [0.15, 0.2) is 0 Å². The molecule has 0 heterocycles. The highest BCUT2D eigenvalue weighted by Gasteiger charge is 2.38. The fraction of sp³-hybridized carbons (Fsp3) is 1.00. The highest BCUT2D eigenvalue weighted by atomic mass is 16.3. The molecule has 2 aliphatic rings. The number of rotatable bonds is 1. The van der Waals surface area contributed by atoms with Crippen molar-refractivity contribution >= 4 is 0 Å². The van der Waals surface area contributed by atoms with Crippen LogP contribution in [-0.4, -0.2) is 22.9 Å². The van der Waals surface area contributed by atoms with Gasteiger partial charge in [-0.15, -0.1) is 0 Å². The molecular weight excluding hydrogens is 164 g/mol. The van der Waals surface area contributed by atoms with Crippen LogP contribution in [-0.2, 0) is 0 Å². The van der Waals surface area contributed by atoms with Gasteiger partial charge in [-0.1, -0.05) is 12.8 Å². The molecule has 2 aliphatic carbocycles. The molecule has 0 unspecified atom stereocenters. The summed E-state index contributed by atoms with van der Waals surface area (Å²) < 4.78 is 0. The number of hydrogen-bond acceptors (Lipinski definition) is 2. The summed E-state index contributed by atoms with van der Waals surface area (Å²) in [6, 6.07) is 0. The van der Waals surface area contributed by atoms with Crippen LogP contribution in [0.2, 0.25) is 0 Å². The van der Waals surface area contributed by atoms with Crippen molar-refractivity contribution in [1.82, 2.24) is 0 Å². The summed E-state index contributed by atoms with van der Waals surface area (Å²) in [5, 5.41) is 19.1. The fourth-order valence-corrected chi connectivity index (χ4v) is 3.32. The molecule has 2 nitrogen and oxygen atoms in total. The lowest BCUT2D eigenvalue weighted by Crippen LogP contribution is -2.40. The zero-order valence-electron chi connectivity index (χ0n) is 8.15. The van der Waals surface area contributed by atoms with Crippen LogP contribution in [0.25, 0.3) is 0 Å². The van der Waals surface area contributed by atoms with E-state index in [-0.39, 0.29) is 6.10 Å². The van der Waals surface area contributed by atoms with Crippen molar-refractivity contribution < 1.29 is 10.2 Å². The van der Waals surface area contributed by atoms with Crippen LogP contribution < -0.4 is 0 Å². The van der Waals surface area contributed by atoms with Crippen LogP contribution in [0, 0.1) is 17.8 Å². The Morgan fingerprint density at radius 1 is 0.923 bits per heavy atom. The molecule has 2 rings (SSSR count). The van der Waals surface area contributed by atoms with Gasteiger partial charge in [0.15, 0.2) is 0 Å². The average molecular weight is 184 g/mol. The minimum Gasteiger partial charge on any atom is -0.396 e. The Kier molecular flexibility index (Phi) is 2.89. The van der Waals surface area contributed by atoms with E-state index in [1.807, 2.05) is 0 Å². The molecule has 0 amide bonds. The van der Waals surface area contributed by atoms with Crippen LogP contribution in [0.4, 0.5) is 0 Å². The minimum atomic E-state index is -0.0758. The molecule has 0 aliphatic heterocycles. The summed E-state index contributed by atoms with van der Waals surface area (Å²) in [5.41, 5.74) is 0. The average Bonchev–Trinajstić information content (AvgIpc) is 2.18. The number of aliphatic hydroxyl groups is 2. The van der Waals surface area contributed by atoms with Crippen molar-refractivity contribution in [3.63, 3.8) is 0 Å². The highest BCUT2D eigenvalue weighted by molar-refractivity contribution is 4.89. The van der Waals surface area contributed by atoms with Crippen LogP contribution in [0.5, 0.6) is 0 Å². The monoisotopic (exact) mass is 184 g/mol. The zero-order valence-corrected chi connectivity index (χ0v) is 8.15. The van der Waals surface area contributed by atoms with Crippen LogP contribution in [0.1, 0.15) is 38.5 Å². The van der Waals surface area contributed by atoms with Crippen molar-refractivity contribution in [2.75, 3.05) is 6.61 Å². The van der Waals surface area contributed by atoms with Gasteiger partial charge in [-0.05, 0) is 43.4 Å². The Labute approximate surface area is 80.0 Å². The third-order valence-corrected chi connectivity index (χ3v) is 4.03. The van der Waals surface area contributed by atoms with Gasteiger partial charge < -0.3 is 10.2 Å². The van der Waals surface area contributed by atoms with Gasteiger partial charge in [-0.2, -0.15) is 0 Å². The SMILES string of the molecule is OC[C@H]1CCC[C@H]2[C@H]1CCC[C@H]2O. The molecule has 2 fully saturated rings. The quantitative estimate of drug-likeness (QED) is 0.649. The molecule has 0 radical (unpaired) electrons. The first-order valence-electron chi connectivity index (χ1n) is 5.62. The van der Waals surface area contributed by atoms with Gasteiger partial charge in [0.05, 0.1) is 6.10 Å². The summed E-state index contributed by atoms with van der Waals surface area (Å²) in [4.78, 5) is 0. The topological polar surface area (TPSA) is 40.5 Å². The third kappa shape index (κ3) is 1.75. The summed E-state index contributed by atoms with van der Waals surface area (Å²) in [6.07, 6.45) is 6.84. The van der Waals surface area contributed by atoms with E-state index >= 15 is 0 Å². The van der Waals surface area contributed by atoms with E-state index in [1.165, 1.54) is 25.7 Å². The standard InChI is InChI=1S/C11H20O2/c12-7-8-3-1-5-10-9(8)4-2-6-11(10)13/h8-13H,1-7H2/t8-,9+,10+,11-/m1/s1. The Hall–Kier alpha value is -0.0800. The molecule has 0 spiro atoms. The van der Waals surface area contributed by atoms with Gasteiger partial charge in [0.25, 0.3) is 0 Å². The van der Waals surface area contributed by atoms with Gasteiger partial charge in [0.2, 0.25) is 0 Å². The highest BCUT2D eigenvalue weighted by Crippen LogP contribution is 2.43. The zero-order chi connectivity index (χ0) is 9.26. The number of hydrogen-bond donors (Lipinski definition) is 2. The van der Waals surface area contributed by atoms with Gasteiger partial charge >= 0.3 is 0 Å². The van der Waals surface area contributed by atoms with Gasteiger partial charge in [-0.3, -0.25) is 0 Å². The first-order chi connectivity index (χ1) is 6.33. The normalized spacial score (nSPS) is 45.7. The second kappa shape index (κ2) is 3.97. The maximum Gasteiger partial charge on any atom is 0.0571 e. The van der Waals surface area contributed by atoms with Crippen LogP contribution in [0.3, 0.4) is 0 Å². The molecule has 0 bridgehead atoms.